The Morgan fingerprint density at radius 1 is 1.32 bits per heavy atom. The maximum Gasteiger partial charge on any atom is 0.240 e. The lowest BCUT2D eigenvalue weighted by atomic mass is 10.1. The summed E-state index contributed by atoms with van der Waals surface area (Å²) in [7, 11) is -1.59. The van der Waals surface area contributed by atoms with E-state index in [1.165, 1.54) is 12.8 Å². The van der Waals surface area contributed by atoms with Crippen molar-refractivity contribution in [1.29, 1.82) is 0 Å². The number of hydrogen-bond donors (Lipinski definition) is 2. The molecular formula is C14H22N2O2S. The van der Waals surface area contributed by atoms with Gasteiger partial charge < -0.3 is 5.32 Å². The molecule has 0 heterocycles. The molecule has 0 saturated heterocycles. The Morgan fingerprint density at radius 2 is 2.00 bits per heavy atom. The number of nitrogens with one attached hydrogen (secondary N) is 2. The van der Waals surface area contributed by atoms with Gasteiger partial charge in [0.15, 0.2) is 0 Å². The molecule has 0 amide bonds. The van der Waals surface area contributed by atoms with Crippen LogP contribution in [0, 0.1) is 11.8 Å². The number of hydrogen-bond acceptors (Lipinski definition) is 3. The summed E-state index contributed by atoms with van der Waals surface area (Å²) in [4.78, 5) is 0.382. The third-order valence-electron chi connectivity index (χ3n) is 3.65. The molecule has 1 saturated carbocycles. The zero-order chi connectivity index (χ0) is 13.9. The Bertz CT molecular complexity index is 524. The van der Waals surface area contributed by atoms with Crippen LogP contribution in [-0.2, 0) is 16.6 Å². The molecule has 1 aliphatic carbocycles. The van der Waals surface area contributed by atoms with E-state index in [1.807, 2.05) is 19.2 Å². The van der Waals surface area contributed by atoms with Gasteiger partial charge in [-0.05, 0) is 43.4 Å². The van der Waals surface area contributed by atoms with E-state index in [4.69, 9.17) is 0 Å². The van der Waals surface area contributed by atoms with E-state index in [9.17, 15) is 8.42 Å². The van der Waals surface area contributed by atoms with Gasteiger partial charge in [0.05, 0.1) is 4.90 Å². The van der Waals surface area contributed by atoms with Crippen LogP contribution >= 0.6 is 0 Å². The van der Waals surface area contributed by atoms with Gasteiger partial charge in [-0.1, -0.05) is 25.1 Å². The van der Waals surface area contributed by atoms with E-state index < -0.39 is 10.0 Å². The van der Waals surface area contributed by atoms with Gasteiger partial charge in [-0.3, -0.25) is 0 Å². The van der Waals surface area contributed by atoms with Crippen LogP contribution < -0.4 is 10.0 Å². The molecule has 1 atom stereocenters. The van der Waals surface area contributed by atoms with Crippen molar-refractivity contribution in [3.63, 3.8) is 0 Å². The fraction of sp³-hybridized carbons (Fsp3) is 0.571. The van der Waals surface area contributed by atoms with Gasteiger partial charge in [-0.25, -0.2) is 13.1 Å². The lowest BCUT2D eigenvalue weighted by Crippen LogP contribution is -2.30. The summed E-state index contributed by atoms with van der Waals surface area (Å²) < 4.78 is 27.4. The van der Waals surface area contributed by atoms with Crippen molar-refractivity contribution in [2.75, 3.05) is 13.6 Å². The third-order valence-corrected chi connectivity index (χ3v) is 5.18. The predicted molar refractivity (Wildman–Crippen MR) is 76.3 cm³/mol. The Morgan fingerprint density at radius 3 is 2.63 bits per heavy atom. The van der Waals surface area contributed by atoms with Crippen molar-refractivity contribution in [2.24, 2.45) is 11.8 Å². The van der Waals surface area contributed by atoms with Crippen LogP contribution in [0.5, 0.6) is 0 Å². The first-order chi connectivity index (χ1) is 9.04. The van der Waals surface area contributed by atoms with Gasteiger partial charge in [0.25, 0.3) is 0 Å². The first kappa shape index (κ1) is 14.5. The lowest BCUT2D eigenvalue weighted by Gasteiger charge is -2.14. The second kappa shape index (κ2) is 6.03. The number of benzene rings is 1. The van der Waals surface area contributed by atoms with Crippen LogP contribution in [-0.4, -0.2) is 22.0 Å². The fourth-order valence-corrected chi connectivity index (χ4v) is 3.63. The molecule has 0 aromatic heterocycles. The standard InChI is InChI=1S/C14H22N2O2S/c1-11(12-7-8-12)9-16-19(17,18)14-6-4-3-5-13(14)10-15-2/h3-6,11-12,15-16H,7-10H2,1-2H3. The lowest BCUT2D eigenvalue weighted by molar-refractivity contribution is 0.491. The molecule has 0 aliphatic heterocycles. The molecule has 1 aromatic carbocycles. The molecule has 0 spiro atoms. The summed E-state index contributed by atoms with van der Waals surface area (Å²) in [5, 5.41) is 3.00. The first-order valence-corrected chi connectivity index (χ1v) is 8.25. The summed E-state index contributed by atoms with van der Waals surface area (Å²) in [6, 6.07) is 7.13. The van der Waals surface area contributed by atoms with Gasteiger partial charge in [-0.2, -0.15) is 0 Å². The van der Waals surface area contributed by atoms with Crippen molar-refractivity contribution in [3.05, 3.63) is 29.8 Å². The number of sulfonamides is 1. The molecule has 0 bridgehead atoms. The predicted octanol–water partition coefficient (Wildman–Crippen LogP) is 1.73. The quantitative estimate of drug-likeness (QED) is 0.801. The van der Waals surface area contributed by atoms with Crippen LogP contribution in [0.3, 0.4) is 0 Å². The van der Waals surface area contributed by atoms with Gasteiger partial charge in [-0.15, -0.1) is 0 Å². The molecule has 1 aliphatic rings. The second-order valence-electron chi connectivity index (χ2n) is 5.30. The Hall–Kier alpha value is -0.910. The molecule has 0 radical (unpaired) electrons. The topological polar surface area (TPSA) is 58.2 Å². The maximum absolute atomic E-state index is 12.3. The normalized spacial score (nSPS) is 17.4. The Labute approximate surface area is 115 Å². The van der Waals surface area contributed by atoms with E-state index in [1.54, 1.807) is 12.1 Å². The van der Waals surface area contributed by atoms with Gasteiger partial charge in [0.1, 0.15) is 0 Å². The average molecular weight is 282 g/mol. The molecule has 106 valence electrons. The third kappa shape index (κ3) is 3.78. The van der Waals surface area contributed by atoms with Crippen molar-refractivity contribution < 1.29 is 8.42 Å². The molecule has 1 aromatic rings. The highest BCUT2D eigenvalue weighted by molar-refractivity contribution is 7.89. The van der Waals surface area contributed by atoms with E-state index >= 15 is 0 Å². The minimum Gasteiger partial charge on any atom is -0.316 e. The largest absolute Gasteiger partial charge is 0.316 e. The molecule has 19 heavy (non-hydrogen) atoms. The summed E-state index contributed by atoms with van der Waals surface area (Å²) in [5.41, 5.74) is 0.802. The van der Waals surface area contributed by atoms with Crippen molar-refractivity contribution in [2.45, 2.75) is 31.2 Å². The first-order valence-electron chi connectivity index (χ1n) is 6.77. The maximum atomic E-state index is 12.3. The molecule has 1 unspecified atom stereocenters. The van der Waals surface area contributed by atoms with Crippen LogP contribution in [0.15, 0.2) is 29.2 Å². The fourth-order valence-electron chi connectivity index (χ4n) is 2.25. The SMILES string of the molecule is CNCc1ccccc1S(=O)(=O)NCC(C)C1CC1. The highest BCUT2D eigenvalue weighted by Gasteiger charge is 2.29. The van der Waals surface area contributed by atoms with E-state index in [0.717, 1.165) is 5.56 Å². The van der Waals surface area contributed by atoms with Crippen LogP contribution in [0.2, 0.25) is 0 Å². The zero-order valence-electron chi connectivity index (χ0n) is 11.5. The number of rotatable bonds is 7. The molecular weight excluding hydrogens is 260 g/mol. The van der Waals surface area contributed by atoms with Crippen LogP contribution in [0.4, 0.5) is 0 Å². The van der Waals surface area contributed by atoms with Crippen molar-refractivity contribution >= 4 is 10.0 Å². The molecule has 2 rings (SSSR count). The minimum atomic E-state index is -3.40. The highest BCUT2D eigenvalue weighted by atomic mass is 32.2. The Kier molecular flexibility index (Phi) is 4.60. The molecule has 5 heteroatoms. The van der Waals surface area contributed by atoms with Gasteiger partial charge in [0, 0.05) is 13.1 Å². The highest BCUT2D eigenvalue weighted by Crippen LogP contribution is 2.36. The van der Waals surface area contributed by atoms with Gasteiger partial charge >= 0.3 is 0 Å². The van der Waals surface area contributed by atoms with Gasteiger partial charge in [0.2, 0.25) is 10.0 Å². The zero-order valence-corrected chi connectivity index (χ0v) is 12.3. The van der Waals surface area contributed by atoms with Crippen LogP contribution in [0.1, 0.15) is 25.3 Å². The Balaban J connectivity index is 2.09. The van der Waals surface area contributed by atoms with Crippen molar-refractivity contribution in [1.82, 2.24) is 10.0 Å². The summed E-state index contributed by atoms with van der Waals surface area (Å²) in [5.74, 6) is 1.13. The molecule has 4 nitrogen and oxygen atoms in total. The summed E-state index contributed by atoms with van der Waals surface area (Å²) in [6.07, 6.45) is 2.47. The second-order valence-corrected chi connectivity index (χ2v) is 7.04. The summed E-state index contributed by atoms with van der Waals surface area (Å²) >= 11 is 0. The van der Waals surface area contributed by atoms with E-state index in [0.29, 0.717) is 29.8 Å². The van der Waals surface area contributed by atoms with Crippen molar-refractivity contribution in [3.8, 4) is 0 Å². The van der Waals surface area contributed by atoms with E-state index in [-0.39, 0.29) is 0 Å². The smallest absolute Gasteiger partial charge is 0.240 e. The molecule has 2 N–H and O–H groups in total. The summed E-state index contributed by atoms with van der Waals surface area (Å²) in [6.45, 7) is 3.19. The van der Waals surface area contributed by atoms with E-state index in [2.05, 4.69) is 17.0 Å². The monoisotopic (exact) mass is 282 g/mol. The minimum absolute atomic E-state index is 0.382. The average Bonchev–Trinajstić information content (AvgIpc) is 3.21. The molecule has 1 fully saturated rings. The van der Waals surface area contributed by atoms with Crippen LogP contribution in [0.25, 0.3) is 0 Å².